The number of ether oxygens (including phenoxy) is 2. The largest absolute Gasteiger partial charge is 0.497 e. The normalized spacial score (nSPS) is 16.4. The molecule has 0 radical (unpaired) electrons. The van der Waals surface area contributed by atoms with Gasteiger partial charge in [-0.2, -0.15) is 4.37 Å². The molecule has 1 fully saturated rings. The van der Waals surface area contributed by atoms with Gasteiger partial charge >= 0.3 is 12.1 Å². The van der Waals surface area contributed by atoms with E-state index in [1.165, 1.54) is 70.2 Å². The Kier molecular flexibility index (Phi) is 16.6. The summed E-state index contributed by atoms with van der Waals surface area (Å²) < 4.78 is 15.7. The summed E-state index contributed by atoms with van der Waals surface area (Å²) in [6, 6.07) is 46.6. The maximum atomic E-state index is 14.9. The monoisotopic (exact) mass is 1080 g/mol. The highest BCUT2D eigenvalue weighted by atomic mass is 32.2. The lowest BCUT2D eigenvalue weighted by Crippen LogP contribution is -2.81. The minimum Gasteiger partial charge on any atom is -0.497 e. The zero-order valence-electron chi connectivity index (χ0n) is 39.8. The zero-order valence-corrected chi connectivity index (χ0v) is 43.9. The SMILES string of the molecule is CO/N=C(\C(=O)NC1(Cc2ccc(OC)cc2)C(=O)N2C(C(=O)O)=C(CSc3nc(SCCNC(=O)OCc4ccccc4)ns3)CS[C@H]21)c1csc(NC(c2ccccc2)(c2ccccc2)c2ccccc2)n1. The molecular weight excluding hydrogens is 1040 g/mol. The molecule has 3 amide bonds. The van der Waals surface area contributed by atoms with Crippen molar-refractivity contribution in [3.63, 3.8) is 0 Å². The number of anilines is 1. The molecule has 5 aromatic carbocycles. The van der Waals surface area contributed by atoms with Gasteiger partial charge in [0.1, 0.15) is 41.8 Å². The van der Waals surface area contributed by atoms with Gasteiger partial charge in [-0.05, 0) is 57.1 Å². The van der Waals surface area contributed by atoms with Gasteiger partial charge in [0, 0.05) is 35.6 Å². The molecule has 4 heterocycles. The number of alkyl carbamates (subject to hydrolysis) is 1. The molecule has 1 unspecified atom stereocenters. The summed E-state index contributed by atoms with van der Waals surface area (Å²) in [5.74, 6) is -1.03. The zero-order chi connectivity index (χ0) is 51.5. The van der Waals surface area contributed by atoms with Crippen molar-refractivity contribution < 1.29 is 38.6 Å². The summed E-state index contributed by atoms with van der Waals surface area (Å²) >= 11 is 6.49. The third-order valence-electron chi connectivity index (χ3n) is 12.1. The minimum absolute atomic E-state index is 0.0280. The Hall–Kier alpha value is -7.17. The van der Waals surface area contributed by atoms with E-state index >= 15 is 0 Å². The van der Waals surface area contributed by atoms with Crippen LogP contribution < -0.4 is 20.7 Å². The van der Waals surface area contributed by atoms with Crippen molar-refractivity contribution in [2.45, 2.75) is 39.0 Å². The standard InChI is InChI=1S/C53H48N8O8S5/c1-67-40-25-23-34(24-26-40)29-52(46(65)61-43(45(63)64)36(31-71-47(52)61)32-73-51-56-49(60-74-51)70-28-27-54-50(66)69-30-35-15-7-3-8-16-35)57-44(62)42(59-68-2)41-33-72-48(55-41)58-53(37-17-9-4-10-18-37,38-19-11-5-12-20-38)39-21-13-6-14-22-39/h3-26,33,47H,27-32H2,1-2H3,(H,54,66)(H,55,58)(H,57,62)(H,63,64)/b59-42-/t47-,52?/m0/s1. The Balaban J connectivity index is 0.925. The Morgan fingerprint density at radius 2 is 1.47 bits per heavy atom. The number of β-lactam (4-membered cyclic amide) rings is 1. The number of carboxylic acids is 1. The number of amides is 3. The van der Waals surface area contributed by atoms with Gasteiger partial charge in [0.2, 0.25) is 5.16 Å². The molecule has 16 nitrogen and oxygen atoms in total. The van der Waals surface area contributed by atoms with Gasteiger partial charge < -0.3 is 35.4 Å². The molecule has 0 saturated carbocycles. The summed E-state index contributed by atoms with van der Waals surface area (Å²) in [6.45, 7) is 0.503. The van der Waals surface area contributed by atoms with Crippen molar-refractivity contribution in [3.8, 4) is 5.75 Å². The molecule has 7 aromatic rings. The third-order valence-corrected chi connectivity index (χ3v) is 17.1. The molecule has 0 bridgehead atoms. The fraction of sp³-hybridized carbons (Fsp3) is 0.208. The smallest absolute Gasteiger partial charge is 0.407 e. The molecule has 74 heavy (non-hydrogen) atoms. The number of fused-ring (bicyclic) bond motifs is 1. The molecule has 1 saturated heterocycles. The molecule has 2 aliphatic heterocycles. The number of aromatic nitrogens is 3. The highest BCUT2D eigenvalue weighted by molar-refractivity contribution is 8.02. The van der Waals surface area contributed by atoms with E-state index in [4.69, 9.17) is 19.3 Å². The summed E-state index contributed by atoms with van der Waals surface area (Å²) in [6.07, 6.45) is -0.495. The maximum absolute atomic E-state index is 14.9. The number of rotatable bonds is 22. The number of carbonyl (C=O) groups is 4. The first-order valence-electron chi connectivity index (χ1n) is 23.0. The number of thiazole rings is 1. The third kappa shape index (κ3) is 11.3. The number of oxime groups is 1. The molecular formula is C53H48N8O8S5. The predicted molar refractivity (Wildman–Crippen MR) is 290 cm³/mol. The van der Waals surface area contributed by atoms with E-state index in [-0.39, 0.29) is 41.6 Å². The number of thioether (sulfide) groups is 3. The number of aliphatic carboxylic acids is 1. The quantitative estimate of drug-likeness (QED) is 0.0125. The van der Waals surface area contributed by atoms with Crippen molar-refractivity contribution in [1.29, 1.82) is 0 Å². The lowest BCUT2D eigenvalue weighted by Gasteiger charge is -2.57. The van der Waals surface area contributed by atoms with Crippen LogP contribution in [0.3, 0.4) is 0 Å². The van der Waals surface area contributed by atoms with E-state index in [0.717, 1.165) is 22.3 Å². The lowest BCUT2D eigenvalue weighted by atomic mass is 9.77. The van der Waals surface area contributed by atoms with Crippen LogP contribution in [0.1, 0.15) is 33.5 Å². The Bertz CT molecular complexity index is 3050. The molecule has 2 aliphatic rings. The van der Waals surface area contributed by atoms with Crippen LogP contribution in [-0.2, 0) is 42.5 Å². The summed E-state index contributed by atoms with van der Waals surface area (Å²) in [7, 11) is 2.87. The van der Waals surface area contributed by atoms with Crippen LogP contribution in [0.5, 0.6) is 5.75 Å². The van der Waals surface area contributed by atoms with Crippen molar-refractivity contribution in [2.75, 3.05) is 43.3 Å². The second-order valence-electron chi connectivity index (χ2n) is 16.6. The number of methoxy groups -OCH3 is 1. The average Bonchev–Trinajstić information content (AvgIpc) is 4.11. The molecule has 9 rings (SSSR count). The van der Waals surface area contributed by atoms with E-state index < -0.39 is 40.3 Å². The highest BCUT2D eigenvalue weighted by Gasteiger charge is 2.65. The Labute approximate surface area is 447 Å². The maximum Gasteiger partial charge on any atom is 0.407 e. The summed E-state index contributed by atoms with van der Waals surface area (Å²) in [5, 5.41) is 26.3. The highest BCUT2D eigenvalue weighted by Crippen LogP contribution is 2.49. The van der Waals surface area contributed by atoms with Gasteiger partial charge in [-0.3, -0.25) is 14.5 Å². The van der Waals surface area contributed by atoms with Crippen LogP contribution in [0.2, 0.25) is 0 Å². The van der Waals surface area contributed by atoms with Crippen LogP contribution in [-0.4, -0.2) is 103 Å². The van der Waals surface area contributed by atoms with Gasteiger partial charge in [0.25, 0.3) is 11.8 Å². The second kappa shape index (κ2) is 23.8. The van der Waals surface area contributed by atoms with Gasteiger partial charge in [-0.15, -0.1) is 23.1 Å². The van der Waals surface area contributed by atoms with Gasteiger partial charge in [0.05, 0.1) is 7.11 Å². The van der Waals surface area contributed by atoms with Crippen LogP contribution in [0, 0.1) is 0 Å². The van der Waals surface area contributed by atoms with Gasteiger partial charge in [-0.25, -0.2) is 19.6 Å². The number of nitrogens with one attached hydrogen (secondary N) is 3. The number of nitrogens with zero attached hydrogens (tertiary/aromatic N) is 5. The Morgan fingerprint density at radius 3 is 2.08 bits per heavy atom. The van der Waals surface area contributed by atoms with E-state index in [0.29, 0.717) is 43.8 Å². The second-order valence-corrected chi connectivity index (χ2v) is 21.6. The number of hydrogen-bond acceptors (Lipinski definition) is 17. The number of hydrogen-bond donors (Lipinski definition) is 4. The molecule has 2 atom stereocenters. The molecule has 0 aliphatic carbocycles. The van der Waals surface area contributed by atoms with Crippen LogP contribution in [0.25, 0.3) is 0 Å². The van der Waals surface area contributed by atoms with Crippen LogP contribution >= 0.6 is 58.2 Å². The number of carboxylic acid groups (broad SMARTS) is 1. The average molecular weight is 1090 g/mol. The fourth-order valence-corrected chi connectivity index (χ4v) is 13.5. The van der Waals surface area contributed by atoms with E-state index in [1.807, 2.05) is 84.9 Å². The molecule has 4 N–H and O–H groups in total. The molecule has 21 heteroatoms. The summed E-state index contributed by atoms with van der Waals surface area (Å²) in [5.41, 5.74) is 2.34. The van der Waals surface area contributed by atoms with Crippen molar-refractivity contribution >= 4 is 92.9 Å². The first kappa shape index (κ1) is 51.7. The number of carbonyl (C=O) groups excluding carboxylic acids is 3. The molecule has 378 valence electrons. The molecule has 0 spiro atoms. The number of benzene rings is 5. The first-order chi connectivity index (χ1) is 36.1. The minimum atomic E-state index is -1.61. The van der Waals surface area contributed by atoms with Gasteiger partial charge in [-0.1, -0.05) is 162 Å². The van der Waals surface area contributed by atoms with Crippen molar-refractivity contribution in [1.82, 2.24) is 29.9 Å². The molecule has 2 aromatic heterocycles. The summed E-state index contributed by atoms with van der Waals surface area (Å²) in [4.78, 5) is 71.0. The van der Waals surface area contributed by atoms with Crippen molar-refractivity contribution in [2.24, 2.45) is 5.16 Å². The van der Waals surface area contributed by atoms with Gasteiger partial charge in [0.15, 0.2) is 20.7 Å². The first-order valence-corrected chi connectivity index (χ1v) is 27.7. The van der Waals surface area contributed by atoms with Crippen LogP contribution in [0.4, 0.5) is 9.93 Å². The fourth-order valence-electron chi connectivity index (χ4n) is 8.66. The van der Waals surface area contributed by atoms with Crippen molar-refractivity contribution in [3.05, 3.63) is 196 Å². The Morgan fingerprint density at radius 1 is 0.838 bits per heavy atom. The van der Waals surface area contributed by atoms with E-state index in [1.54, 1.807) is 36.8 Å². The van der Waals surface area contributed by atoms with E-state index in [9.17, 15) is 24.3 Å². The predicted octanol–water partition coefficient (Wildman–Crippen LogP) is 8.92. The van der Waals surface area contributed by atoms with Crippen LogP contribution in [0.15, 0.2) is 177 Å². The van der Waals surface area contributed by atoms with E-state index in [2.05, 4.69) is 66.9 Å². The topological polar surface area (TPSA) is 207 Å². The lowest BCUT2D eigenvalue weighted by molar-refractivity contribution is -0.158.